The van der Waals surface area contributed by atoms with Crippen molar-refractivity contribution in [2.75, 3.05) is 27.4 Å². The molecule has 0 heterocycles. The second kappa shape index (κ2) is 13.3. The van der Waals surface area contributed by atoms with Crippen LogP contribution in [-0.4, -0.2) is 51.4 Å². The van der Waals surface area contributed by atoms with Crippen molar-refractivity contribution in [3.63, 3.8) is 0 Å². The molecule has 192 valence electrons. The van der Waals surface area contributed by atoms with E-state index in [-0.39, 0.29) is 12.5 Å². The summed E-state index contributed by atoms with van der Waals surface area (Å²) in [4.78, 5) is 36.6. The Hall–Kier alpha value is -4.86. The molecule has 0 saturated heterocycles. The Labute approximate surface area is 214 Å². The van der Waals surface area contributed by atoms with Crippen molar-refractivity contribution >= 4 is 24.0 Å². The van der Waals surface area contributed by atoms with Gasteiger partial charge in [-0.05, 0) is 79.2 Å². The molecule has 0 aliphatic heterocycles. The lowest BCUT2D eigenvalue weighted by Crippen LogP contribution is -2.34. The molecule has 0 aliphatic rings. The molecule has 10 heteroatoms. The monoisotopic (exact) mass is 505 g/mol. The average molecular weight is 506 g/mol. The van der Waals surface area contributed by atoms with Gasteiger partial charge in [0.05, 0.1) is 39.1 Å². The number of hydrogen-bond acceptors (Lipinski definition) is 8. The van der Waals surface area contributed by atoms with Crippen LogP contribution in [0, 0.1) is 0 Å². The molecule has 2 amide bonds. The van der Waals surface area contributed by atoms with E-state index in [0.717, 1.165) is 0 Å². The van der Waals surface area contributed by atoms with Gasteiger partial charge in [-0.2, -0.15) is 5.10 Å². The lowest BCUT2D eigenvalue weighted by Gasteiger charge is -2.09. The third-order valence-corrected chi connectivity index (χ3v) is 4.95. The van der Waals surface area contributed by atoms with Crippen molar-refractivity contribution < 1.29 is 33.3 Å². The predicted molar refractivity (Wildman–Crippen MR) is 137 cm³/mol. The molecule has 0 aromatic heterocycles. The number of benzene rings is 3. The maximum Gasteiger partial charge on any atom is 0.343 e. The van der Waals surface area contributed by atoms with Gasteiger partial charge in [0, 0.05) is 5.56 Å². The minimum Gasteiger partial charge on any atom is -0.494 e. The molecule has 0 bridgehead atoms. The van der Waals surface area contributed by atoms with Crippen LogP contribution >= 0.6 is 0 Å². The fraction of sp³-hybridized carbons (Fsp3) is 0.185. The molecule has 0 radical (unpaired) electrons. The van der Waals surface area contributed by atoms with E-state index in [9.17, 15) is 14.4 Å². The first-order valence-electron chi connectivity index (χ1n) is 11.3. The zero-order chi connectivity index (χ0) is 26.6. The van der Waals surface area contributed by atoms with Gasteiger partial charge in [-0.3, -0.25) is 9.59 Å². The molecule has 0 fully saturated rings. The van der Waals surface area contributed by atoms with Crippen molar-refractivity contribution in [3.05, 3.63) is 83.4 Å². The Morgan fingerprint density at radius 1 is 0.838 bits per heavy atom. The van der Waals surface area contributed by atoms with Crippen molar-refractivity contribution in [1.82, 2.24) is 10.7 Å². The van der Waals surface area contributed by atoms with Gasteiger partial charge in [0.1, 0.15) is 11.5 Å². The molecular weight excluding hydrogens is 478 g/mol. The number of nitrogens with zero attached hydrogens (tertiary/aromatic N) is 1. The smallest absolute Gasteiger partial charge is 0.343 e. The van der Waals surface area contributed by atoms with Gasteiger partial charge in [0.15, 0.2) is 11.5 Å². The Balaban J connectivity index is 1.45. The molecule has 0 saturated carbocycles. The first kappa shape index (κ1) is 26.7. The number of rotatable bonds is 11. The van der Waals surface area contributed by atoms with Crippen molar-refractivity contribution in [3.8, 4) is 23.0 Å². The SMILES string of the molecule is CCOc1ccc(C(=O)NCC(=O)NN=Cc2ccc(OC(=O)c3ccc(OC)c(OC)c3)cc2)cc1. The number of nitrogens with one attached hydrogen (secondary N) is 2. The Morgan fingerprint density at radius 2 is 1.49 bits per heavy atom. The van der Waals surface area contributed by atoms with E-state index in [1.165, 1.54) is 26.5 Å². The summed E-state index contributed by atoms with van der Waals surface area (Å²) in [6.07, 6.45) is 1.42. The molecule has 3 aromatic rings. The molecule has 37 heavy (non-hydrogen) atoms. The van der Waals surface area contributed by atoms with Gasteiger partial charge in [-0.1, -0.05) is 0 Å². The summed E-state index contributed by atoms with van der Waals surface area (Å²) in [6, 6.07) is 17.9. The van der Waals surface area contributed by atoms with E-state index < -0.39 is 11.9 Å². The number of carbonyl (C=O) groups is 3. The molecule has 3 aromatic carbocycles. The molecule has 0 spiro atoms. The van der Waals surface area contributed by atoms with Crippen LogP contribution in [0.15, 0.2) is 71.8 Å². The molecule has 2 N–H and O–H groups in total. The van der Waals surface area contributed by atoms with Crippen LogP contribution < -0.4 is 29.7 Å². The van der Waals surface area contributed by atoms with E-state index in [2.05, 4.69) is 15.8 Å². The van der Waals surface area contributed by atoms with Crippen molar-refractivity contribution in [1.29, 1.82) is 0 Å². The van der Waals surface area contributed by atoms with Crippen molar-refractivity contribution in [2.45, 2.75) is 6.92 Å². The minimum absolute atomic E-state index is 0.242. The van der Waals surface area contributed by atoms with E-state index in [4.69, 9.17) is 18.9 Å². The fourth-order valence-corrected chi connectivity index (χ4v) is 3.10. The zero-order valence-electron chi connectivity index (χ0n) is 20.6. The van der Waals surface area contributed by atoms with Crippen LogP contribution in [0.1, 0.15) is 33.2 Å². The van der Waals surface area contributed by atoms with Crippen LogP contribution in [0.4, 0.5) is 0 Å². The minimum atomic E-state index is -0.554. The number of amides is 2. The third kappa shape index (κ3) is 7.82. The van der Waals surface area contributed by atoms with Crippen LogP contribution in [0.3, 0.4) is 0 Å². The second-order valence-corrected chi connectivity index (χ2v) is 7.46. The normalized spacial score (nSPS) is 10.5. The summed E-state index contributed by atoms with van der Waals surface area (Å²) in [7, 11) is 2.99. The van der Waals surface area contributed by atoms with Gasteiger partial charge in [-0.25, -0.2) is 10.2 Å². The van der Waals surface area contributed by atoms with Crippen LogP contribution in [-0.2, 0) is 4.79 Å². The molecule has 3 rings (SSSR count). The largest absolute Gasteiger partial charge is 0.494 e. The number of carbonyl (C=O) groups excluding carboxylic acids is 3. The van der Waals surface area contributed by atoms with Gasteiger partial charge in [-0.15, -0.1) is 0 Å². The Bertz CT molecular complexity index is 1260. The van der Waals surface area contributed by atoms with Gasteiger partial charge < -0.3 is 24.3 Å². The van der Waals surface area contributed by atoms with E-state index in [1.807, 2.05) is 6.92 Å². The van der Waals surface area contributed by atoms with Crippen LogP contribution in [0.2, 0.25) is 0 Å². The first-order chi connectivity index (χ1) is 17.9. The maximum absolute atomic E-state index is 12.4. The molecule has 10 nitrogen and oxygen atoms in total. The van der Waals surface area contributed by atoms with Crippen LogP contribution in [0.25, 0.3) is 0 Å². The zero-order valence-corrected chi connectivity index (χ0v) is 20.6. The number of methoxy groups -OCH3 is 2. The van der Waals surface area contributed by atoms with Gasteiger partial charge in [0.25, 0.3) is 11.8 Å². The molecule has 0 unspecified atom stereocenters. The summed E-state index contributed by atoms with van der Waals surface area (Å²) < 4.78 is 21.1. The molecule has 0 aliphatic carbocycles. The molecular formula is C27H27N3O7. The van der Waals surface area contributed by atoms with Crippen molar-refractivity contribution in [2.24, 2.45) is 5.10 Å². The number of esters is 1. The lowest BCUT2D eigenvalue weighted by molar-refractivity contribution is -0.120. The van der Waals surface area contributed by atoms with Gasteiger partial charge in [0.2, 0.25) is 0 Å². The quantitative estimate of drug-likeness (QED) is 0.177. The maximum atomic E-state index is 12.4. The average Bonchev–Trinajstić information content (AvgIpc) is 2.92. The lowest BCUT2D eigenvalue weighted by atomic mass is 10.2. The standard InChI is InChI=1S/C27H27N3O7/c1-4-36-21-12-7-19(8-13-21)26(32)28-17-25(31)30-29-16-18-5-10-22(11-6-18)37-27(33)20-9-14-23(34-2)24(15-20)35-3/h5-16H,4,17H2,1-3H3,(H,28,32)(H,30,31). The summed E-state index contributed by atoms with van der Waals surface area (Å²) in [6.45, 7) is 2.16. The Morgan fingerprint density at radius 3 is 2.14 bits per heavy atom. The number of ether oxygens (including phenoxy) is 4. The highest BCUT2D eigenvalue weighted by atomic mass is 16.5. The number of hydrogen-bond donors (Lipinski definition) is 2. The second-order valence-electron chi connectivity index (χ2n) is 7.46. The van der Waals surface area contributed by atoms with E-state index in [1.54, 1.807) is 60.7 Å². The van der Waals surface area contributed by atoms with E-state index in [0.29, 0.717) is 46.3 Å². The van der Waals surface area contributed by atoms with Gasteiger partial charge >= 0.3 is 5.97 Å². The predicted octanol–water partition coefficient (Wildman–Crippen LogP) is 3.20. The summed E-state index contributed by atoms with van der Waals surface area (Å²) in [5.74, 6) is 0.484. The highest BCUT2D eigenvalue weighted by Gasteiger charge is 2.13. The highest BCUT2D eigenvalue weighted by Crippen LogP contribution is 2.28. The number of hydrazone groups is 1. The topological polar surface area (TPSA) is 125 Å². The van der Waals surface area contributed by atoms with Crippen LogP contribution in [0.5, 0.6) is 23.0 Å². The Kier molecular flexibility index (Phi) is 9.60. The summed E-state index contributed by atoms with van der Waals surface area (Å²) in [5, 5.41) is 6.39. The first-order valence-corrected chi connectivity index (χ1v) is 11.3. The fourth-order valence-electron chi connectivity index (χ4n) is 3.10. The summed E-state index contributed by atoms with van der Waals surface area (Å²) >= 11 is 0. The highest BCUT2D eigenvalue weighted by molar-refractivity contribution is 5.96. The van der Waals surface area contributed by atoms with E-state index >= 15 is 0 Å². The molecule has 0 atom stereocenters. The third-order valence-electron chi connectivity index (χ3n) is 4.95. The summed E-state index contributed by atoms with van der Waals surface area (Å²) in [5.41, 5.74) is 3.71.